The summed E-state index contributed by atoms with van der Waals surface area (Å²) < 4.78 is 37.5. The van der Waals surface area contributed by atoms with Crippen LogP contribution in [0.25, 0.3) is 0 Å². The van der Waals surface area contributed by atoms with E-state index >= 15 is 0 Å². The zero-order valence-corrected chi connectivity index (χ0v) is 39.4. The lowest BCUT2D eigenvalue weighted by molar-refractivity contribution is -0.230. The number of aliphatic hydroxyl groups is 1. The molecule has 1 rings (SSSR count). The molecule has 0 aromatic rings. The minimum Gasteiger partial charge on any atom is -0.417 e. The Bertz CT molecular complexity index is 942. The van der Waals surface area contributed by atoms with E-state index in [9.17, 15) is 5.11 Å². The molecular weight excluding hydrogens is 756 g/mol. The molecule has 6 nitrogen and oxygen atoms in total. The predicted octanol–water partition coefficient (Wildman–Crippen LogP) is 11.0. The van der Waals surface area contributed by atoms with Crippen molar-refractivity contribution in [3.63, 3.8) is 0 Å². The van der Waals surface area contributed by atoms with Crippen LogP contribution in [0.1, 0.15) is 95.9 Å². The molecule has 6 atom stereocenters. The lowest BCUT2D eigenvalue weighted by Gasteiger charge is -2.54. The van der Waals surface area contributed by atoms with Crippen molar-refractivity contribution in [1.82, 2.24) is 0 Å². The highest BCUT2D eigenvalue weighted by atomic mass is 127. The maximum Gasteiger partial charge on any atom is 0.193 e. The van der Waals surface area contributed by atoms with E-state index in [2.05, 4.69) is 151 Å². The molecule has 1 heterocycles. The van der Waals surface area contributed by atoms with Gasteiger partial charge in [-0.25, -0.2) is 0 Å². The van der Waals surface area contributed by atoms with E-state index in [4.69, 9.17) is 22.4 Å². The van der Waals surface area contributed by atoms with Crippen molar-refractivity contribution in [3.8, 4) is 0 Å². The van der Waals surface area contributed by atoms with Gasteiger partial charge < -0.3 is 27.5 Å². The molecule has 274 valence electrons. The fraction of sp³-hybridized carbons (Fsp3) is 0.943. The smallest absolute Gasteiger partial charge is 0.193 e. The molecule has 1 fully saturated rings. The second-order valence-corrected chi connectivity index (χ2v) is 38.0. The van der Waals surface area contributed by atoms with Crippen molar-refractivity contribution >= 4 is 55.9 Å². The van der Waals surface area contributed by atoms with Gasteiger partial charge in [0.15, 0.2) is 33.3 Å². The first-order valence-electron chi connectivity index (χ1n) is 17.9. The molecule has 0 spiro atoms. The van der Waals surface area contributed by atoms with E-state index in [1.54, 1.807) is 0 Å². The first-order chi connectivity index (χ1) is 20.7. The first kappa shape index (κ1) is 45.1. The highest BCUT2D eigenvalue weighted by molar-refractivity contribution is 14.1. The number of aliphatic hydroxyl groups excluding tert-OH is 1. The lowest BCUT2D eigenvalue weighted by Crippen LogP contribution is -2.67. The Hall–Kier alpha value is 1.10. The van der Waals surface area contributed by atoms with Crippen LogP contribution in [-0.2, 0) is 22.4 Å². The van der Waals surface area contributed by atoms with Gasteiger partial charge in [-0.3, -0.25) is 0 Å². The highest BCUT2D eigenvalue weighted by Gasteiger charge is 2.55. The van der Waals surface area contributed by atoms with Crippen molar-refractivity contribution in [3.05, 3.63) is 10.2 Å². The zero-order chi connectivity index (χ0) is 36.2. The fourth-order valence-corrected chi connectivity index (χ4v) is 12.1. The third-order valence-corrected chi connectivity index (χ3v) is 30.5. The summed E-state index contributed by atoms with van der Waals surface area (Å²) in [6.45, 7) is 41.6. The van der Waals surface area contributed by atoms with Crippen LogP contribution in [0, 0.1) is 0 Å². The molecule has 1 aliphatic heterocycles. The summed E-state index contributed by atoms with van der Waals surface area (Å²) >= 11 is 2.29. The lowest BCUT2D eigenvalue weighted by atomic mass is 9.90. The zero-order valence-electron chi connectivity index (χ0n) is 33.2. The number of ether oxygens (including phenoxy) is 1. The summed E-state index contributed by atoms with van der Waals surface area (Å²) in [6, 6.07) is 3.40. The van der Waals surface area contributed by atoms with Crippen molar-refractivity contribution in [2.45, 2.75) is 205 Å². The summed E-state index contributed by atoms with van der Waals surface area (Å²) in [6.07, 6.45) is 0.698. The van der Waals surface area contributed by atoms with Crippen LogP contribution in [-0.4, -0.2) is 81.6 Å². The predicted molar refractivity (Wildman–Crippen MR) is 216 cm³/mol. The first-order valence-corrected chi connectivity index (χ1v) is 30.4. The number of rotatable bonds is 16. The topological polar surface area (TPSA) is 66.4 Å². The number of hydrogen-bond donors (Lipinski definition) is 1. The normalized spacial score (nSPS) is 25.3. The summed E-state index contributed by atoms with van der Waals surface area (Å²) in [5.74, 6) is 0. The van der Waals surface area contributed by atoms with E-state index < -0.39 is 63.8 Å². The van der Waals surface area contributed by atoms with Crippen molar-refractivity contribution < 1.29 is 27.5 Å². The molecular formula is C35H75IO6Si4. The summed E-state index contributed by atoms with van der Waals surface area (Å²) in [5.41, 5.74) is 0. The minimum atomic E-state index is -2.32. The highest BCUT2D eigenvalue weighted by Crippen LogP contribution is 2.45. The van der Waals surface area contributed by atoms with E-state index in [-0.39, 0.29) is 21.2 Å². The van der Waals surface area contributed by atoms with Crippen LogP contribution in [0.5, 0.6) is 0 Å². The molecule has 46 heavy (non-hydrogen) atoms. The van der Waals surface area contributed by atoms with E-state index in [0.29, 0.717) is 13.0 Å². The molecule has 11 heteroatoms. The summed E-state index contributed by atoms with van der Waals surface area (Å²) in [7, 11) is -8.53. The van der Waals surface area contributed by atoms with Crippen molar-refractivity contribution in [1.29, 1.82) is 0 Å². The van der Waals surface area contributed by atoms with E-state index in [0.717, 1.165) is 24.6 Å². The molecule has 1 aliphatic rings. The van der Waals surface area contributed by atoms with Gasteiger partial charge in [-0.2, -0.15) is 0 Å². The molecule has 0 saturated carbocycles. The second kappa shape index (κ2) is 17.1. The van der Waals surface area contributed by atoms with Gasteiger partial charge in [-0.05, 0) is 95.5 Å². The van der Waals surface area contributed by atoms with Crippen LogP contribution in [0.3, 0.4) is 0 Å². The molecule has 0 radical (unpaired) electrons. The van der Waals surface area contributed by atoms with Gasteiger partial charge in [-0.1, -0.05) is 106 Å². The Kier molecular flexibility index (Phi) is 16.7. The standard InChI is InChI=1S/C35H75IO6Si4/c1-19-46(20-2,21-3)38-26-22-23-27-29(37)31(41-44(15,16)34(7,8)9)32(42-45(17,18)35(10,11)12)30(39-27)28(24-25-36)40-43(13,14)33(4,5)6/h24-25,27-32,37H,19-23,26H2,1-18H3/t27-,28-,29-,30-,31-,32+/m0/s1. The van der Waals surface area contributed by atoms with Gasteiger partial charge in [0.2, 0.25) is 0 Å². The Morgan fingerprint density at radius 1 is 0.739 bits per heavy atom. The summed E-state index contributed by atoms with van der Waals surface area (Å²) in [5, 5.41) is 12.2. The molecule has 0 aliphatic carbocycles. The van der Waals surface area contributed by atoms with Gasteiger partial charge >= 0.3 is 0 Å². The van der Waals surface area contributed by atoms with Gasteiger partial charge in [0.25, 0.3) is 0 Å². The molecule has 0 bridgehead atoms. The van der Waals surface area contributed by atoms with Gasteiger partial charge in [0, 0.05) is 6.61 Å². The average molecular weight is 831 g/mol. The molecule has 1 N–H and O–H groups in total. The average Bonchev–Trinajstić information content (AvgIpc) is 2.90. The van der Waals surface area contributed by atoms with Gasteiger partial charge in [0.05, 0.1) is 12.2 Å². The third-order valence-electron chi connectivity index (χ3n) is 12.0. The SMILES string of the molecule is CC[Si](CC)(CC)OCCC[C@@H]1O[C@@H]([C@H](C=CI)O[Si](C)(C)C(C)(C)C)[C@@H](O[Si](C)(C)C(C)(C)C)[C@@H](O[Si](C)(C)C(C)(C)C)[C@H]1O. The van der Waals surface area contributed by atoms with Gasteiger partial charge in [-0.15, -0.1) is 0 Å². The molecule has 1 saturated heterocycles. The van der Waals surface area contributed by atoms with Crippen LogP contribution >= 0.6 is 22.6 Å². The Balaban J connectivity index is 3.75. The Morgan fingerprint density at radius 3 is 1.57 bits per heavy atom. The third kappa shape index (κ3) is 11.6. The van der Waals surface area contributed by atoms with Crippen LogP contribution in [0.15, 0.2) is 10.2 Å². The minimum absolute atomic E-state index is 0.0241. The summed E-state index contributed by atoms with van der Waals surface area (Å²) in [4.78, 5) is 0. The fourth-order valence-electron chi connectivity index (χ4n) is 5.19. The van der Waals surface area contributed by atoms with Crippen molar-refractivity contribution in [2.24, 2.45) is 0 Å². The Labute approximate surface area is 303 Å². The van der Waals surface area contributed by atoms with Crippen LogP contribution in [0.4, 0.5) is 0 Å². The molecule has 0 aromatic carbocycles. The van der Waals surface area contributed by atoms with Crippen LogP contribution < -0.4 is 0 Å². The second-order valence-electron chi connectivity index (χ2n) is 18.2. The number of hydrogen-bond acceptors (Lipinski definition) is 6. The van der Waals surface area contributed by atoms with Gasteiger partial charge in [0.1, 0.15) is 24.4 Å². The maximum absolute atomic E-state index is 12.2. The largest absolute Gasteiger partial charge is 0.417 e. The van der Waals surface area contributed by atoms with E-state index in [1.807, 2.05) is 4.08 Å². The molecule has 0 unspecified atom stereocenters. The number of halogens is 1. The monoisotopic (exact) mass is 830 g/mol. The molecule has 0 aromatic heterocycles. The van der Waals surface area contributed by atoms with E-state index in [1.165, 1.54) is 0 Å². The quantitative estimate of drug-likeness (QED) is 0.0950. The Morgan fingerprint density at radius 2 is 1.17 bits per heavy atom. The van der Waals surface area contributed by atoms with Crippen molar-refractivity contribution in [2.75, 3.05) is 6.61 Å². The maximum atomic E-state index is 12.2. The molecule has 0 amide bonds. The van der Waals surface area contributed by atoms with Crippen LogP contribution in [0.2, 0.25) is 72.5 Å².